The SMILES string of the molecule is CC(=O)C1CCCC(CC(O)c2cc(C3CC(C(=O)N=C(N)N)N(C(=O)c4cccc5ccccc45)C3)c3ccccc3c2)C1. The van der Waals surface area contributed by atoms with Crippen molar-refractivity contribution in [1.82, 2.24) is 4.90 Å². The molecule has 2 aliphatic rings. The highest BCUT2D eigenvalue weighted by atomic mass is 16.3. The number of aliphatic imine (C=N–C) groups is 1. The smallest absolute Gasteiger partial charge is 0.271 e. The van der Waals surface area contributed by atoms with Crippen molar-refractivity contribution in [3.8, 4) is 0 Å². The number of rotatable bonds is 7. The van der Waals surface area contributed by atoms with Gasteiger partial charge in [-0.3, -0.25) is 14.4 Å². The normalized spacial score (nSPS) is 22.3. The fourth-order valence-electron chi connectivity index (χ4n) is 7.51. The summed E-state index contributed by atoms with van der Waals surface area (Å²) in [5, 5.41) is 15.3. The molecule has 0 spiro atoms. The molecule has 8 heteroatoms. The van der Waals surface area contributed by atoms with Gasteiger partial charge < -0.3 is 21.5 Å². The molecule has 1 saturated carbocycles. The number of aliphatic hydroxyl groups is 1. The van der Waals surface area contributed by atoms with Crippen LogP contribution >= 0.6 is 0 Å². The van der Waals surface area contributed by atoms with E-state index in [0.717, 1.165) is 58.4 Å². The first kappa shape index (κ1) is 30.5. The zero-order valence-electron chi connectivity index (χ0n) is 25.6. The van der Waals surface area contributed by atoms with Crippen LogP contribution in [0.5, 0.6) is 0 Å². The molecule has 1 aliphatic carbocycles. The second kappa shape index (κ2) is 12.8. The first-order chi connectivity index (χ1) is 21.7. The van der Waals surface area contributed by atoms with Gasteiger partial charge in [-0.1, -0.05) is 79.6 Å². The Bertz CT molecular complexity index is 1790. The molecule has 0 aromatic heterocycles. The molecule has 0 radical (unpaired) electrons. The van der Waals surface area contributed by atoms with Crippen molar-refractivity contribution in [3.63, 3.8) is 0 Å². The summed E-state index contributed by atoms with van der Waals surface area (Å²) in [5.41, 5.74) is 13.5. The highest BCUT2D eigenvalue weighted by Crippen LogP contribution is 2.41. The van der Waals surface area contributed by atoms with Gasteiger partial charge in [0.1, 0.15) is 11.8 Å². The molecule has 1 aliphatic heterocycles. The average Bonchev–Trinajstić information content (AvgIpc) is 3.49. The van der Waals surface area contributed by atoms with Gasteiger partial charge in [0, 0.05) is 23.9 Å². The van der Waals surface area contributed by atoms with Crippen molar-refractivity contribution in [2.24, 2.45) is 28.3 Å². The summed E-state index contributed by atoms with van der Waals surface area (Å²) < 4.78 is 0. The van der Waals surface area contributed by atoms with Crippen LogP contribution in [-0.2, 0) is 9.59 Å². The molecule has 2 fully saturated rings. The summed E-state index contributed by atoms with van der Waals surface area (Å²) in [5.74, 6) is -0.755. The number of nitrogens with two attached hydrogens (primary N) is 2. The van der Waals surface area contributed by atoms with E-state index in [9.17, 15) is 19.5 Å². The Balaban J connectivity index is 1.35. The van der Waals surface area contributed by atoms with E-state index in [1.807, 2.05) is 72.8 Å². The van der Waals surface area contributed by atoms with Crippen LogP contribution in [0.25, 0.3) is 21.5 Å². The van der Waals surface area contributed by atoms with Gasteiger partial charge in [-0.15, -0.1) is 0 Å². The van der Waals surface area contributed by atoms with Crippen molar-refractivity contribution in [2.75, 3.05) is 6.54 Å². The van der Waals surface area contributed by atoms with Crippen LogP contribution in [0.2, 0.25) is 0 Å². The predicted octanol–water partition coefficient (Wildman–Crippen LogP) is 5.61. The fourth-order valence-corrected chi connectivity index (χ4v) is 7.51. The van der Waals surface area contributed by atoms with E-state index >= 15 is 0 Å². The molecule has 5 unspecified atom stereocenters. The third-order valence-electron chi connectivity index (χ3n) is 9.76. The maximum Gasteiger partial charge on any atom is 0.271 e. The number of guanidine groups is 1. The van der Waals surface area contributed by atoms with Gasteiger partial charge in [0.15, 0.2) is 5.96 Å². The Hall–Kier alpha value is -4.56. The van der Waals surface area contributed by atoms with Crippen LogP contribution < -0.4 is 11.5 Å². The molecule has 4 aromatic rings. The molecule has 4 aromatic carbocycles. The molecule has 0 bridgehead atoms. The maximum absolute atomic E-state index is 14.2. The first-order valence-electron chi connectivity index (χ1n) is 15.8. The lowest BCUT2D eigenvalue weighted by molar-refractivity contribution is -0.122. The quantitative estimate of drug-likeness (QED) is 0.185. The van der Waals surface area contributed by atoms with Crippen LogP contribution in [0, 0.1) is 11.8 Å². The number of Topliss-reactive ketones (excluding diaryl/α,β-unsaturated/α-hetero) is 1. The zero-order valence-corrected chi connectivity index (χ0v) is 25.6. The summed E-state index contributed by atoms with van der Waals surface area (Å²) in [6.07, 6.45) is 3.98. The van der Waals surface area contributed by atoms with E-state index in [2.05, 4.69) is 4.99 Å². The minimum atomic E-state index is -0.846. The monoisotopic (exact) mass is 604 g/mol. The molecule has 45 heavy (non-hydrogen) atoms. The molecule has 1 heterocycles. The highest BCUT2D eigenvalue weighted by molar-refractivity contribution is 6.09. The Morgan fingerprint density at radius 2 is 1.62 bits per heavy atom. The molecule has 6 rings (SSSR count). The number of nitrogens with zero attached hydrogens (tertiary/aromatic N) is 2. The summed E-state index contributed by atoms with van der Waals surface area (Å²) in [7, 11) is 0. The first-order valence-corrected chi connectivity index (χ1v) is 15.8. The standard InChI is InChI=1S/C37H40N4O4/c1-22(42)25-12-6-8-23(16-25)17-34(43)27-18-26-10-3-5-14-30(26)32(19-27)28-20-33(35(44)40-37(38)39)41(21-28)36(45)31-15-7-11-24-9-2-4-13-29(24)31/h2-5,7,9-11,13-15,18-19,23,25,28,33-34,43H,6,8,12,16-17,20-21H2,1H3,(H4,38,39,40,44). The van der Waals surface area contributed by atoms with Crippen molar-refractivity contribution < 1.29 is 19.5 Å². The lowest BCUT2D eigenvalue weighted by atomic mass is 9.76. The number of carbonyl (C=O) groups is 3. The summed E-state index contributed by atoms with van der Waals surface area (Å²) >= 11 is 0. The van der Waals surface area contributed by atoms with Gasteiger partial charge in [0.25, 0.3) is 11.8 Å². The van der Waals surface area contributed by atoms with E-state index in [1.165, 1.54) is 0 Å². The third kappa shape index (κ3) is 6.33. The summed E-state index contributed by atoms with van der Waals surface area (Å²) in [6.45, 7) is 1.96. The largest absolute Gasteiger partial charge is 0.388 e. The number of likely N-dealkylation sites (tertiary alicyclic amines) is 1. The second-order valence-corrected chi connectivity index (χ2v) is 12.7. The molecule has 8 nitrogen and oxygen atoms in total. The number of carbonyl (C=O) groups excluding carboxylic acids is 3. The van der Waals surface area contributed by atoms with Crippen molar-refractivity contribution in [2.45, 2.75) is 63.5 Å². The zero-order chi connectivity index (χ0) is 31.7. The molecular weight excluding hydrogens is 564 g/mol. The Labute approximate surface area is 263 Å². The number of hydrogen-bond acceptors (Lipinski definition) is 4. The van der Waals surface area contributed by atoms with Crippen LogP contribution in [-0.4, -0.2) is 46.2 Å². The van der Waals surface area contributed by atoms with E-state index in [0.29, 0.717) is 24.9 Å². The number of benzene rings is 4. The predicted molar refractivity (Wildman–Crippen MR) is 177 cm³/mol. The number of hydrogen-bond donors (Lipinski definition) is 3. The van der Waals surface area contributed by atoms with E-state index in [1.54, 1.807) is 17.9 Å². The molecule has 5 N–H and O–H groups in total. The molecule has 232 valence electrons. The Kier molecular flexibility index (Phi) is 8.67. The lowest BCUT2D eigenvalue weighted by Crippen LogP contribution is -2.41. The average molecular weight is 605 g/mol. The van der Waals surface area contributed by atoms with Gasteiger partial charge in [-0.05, 0) is 83.3 Å². The van der Waals surface area contributed by atoms with Gasteiger partial charge in [-0.2, -0.15) is 4.99 Å². The minimum Gasteiger partial charge on any atom is -0.388 e. The Morgan fingerprint density at radius 3 is 2.38 bits per heavy atom. The van der Waals surface area contributed by atoms with Crippen molar-refractivity contribution >= 4 is 45.1 Å². The van der Waals surface area contributed by atoms with Crippen LogP contribution in [0.1, 0.15) is 79.0 Å². The van der Waals surface area contributed by atoms with Crippen LogP contribution in [0.3, 0.4) is 0 Å². The molecule has 2 amide bonds. The van der Waals surface area contributed by atoms with Crippen LogP contribution in [0.15, 0.2) is 83.9 Å². The van der Waals surface area contributed by atoms with Gasteiger partial charge in [-0.25, -0.2) is 0 Å². The van der Waals surface area contributed by atoms with Gasteiger partial charge in [0.2, 0.25) is 0 Å². The highest BCUT2D eigenvalue weighted by Gasteiger charge is 2.41. The van der Waals surface area contributed by atoms with Crippen LogP contribution in [0.4, 0.5) is 0 Å². The lowest BCUT2D eigenvalue weighted by Gasteiger charge is -2.29. The third-order valence-corrected chi connectivity index (χ3v) is 9.76. The topological polar surface area (TPSA) is 139 Å². The molecular formula is C37H40N4O4. The summed E-state index contributed by atoms with van der Waals surface area (Å²) in [4.78, 5) is 45.1. The number of aliphatic hydroxyl groups excluding tert-OH is 1. The minimum absolute atomic E-state index is 0.0755. The second-order valence-electron chi connectivity index (χ2n) is 12.7. The van der Waals surface area contributed by atoms with Gasteiger partial charge >= 0.3 is 0 Å². The molecule has 5 atom stereocenters. The number of amides is 2. The Morgan fingerprint density at radius 1 is 0.911 bits per heavy atom. The van der Waals surface area contributed by atoms with E-state index in [-0.39, 0.29) is 35.4 Å². The van der Waals surface area contributed by atoms with Gasteiger partial charge in [0.05, 0.1) is 6.10 Å². The van der Waals surface area contributed by atoms with Crippen molar-refractivity contribution in [1.29, 1.82) is 0 Å². The maximum atomic E-state index is 14.2. The fraction of sp³-hybridized carbons (Fsp3) is 0.351. The summed E-state index contributed by atoms with van der Waals surface area (Å²) in [6, 6.07) is 24.5. The number of ketones is 1. The number of fused-ring (bicyclic) bond motifs is 2. The van der Waals surface area contributed by atoms with E-state index in [4.69, 9.17) is 11.5 Å². The van der Waals surface area contributed by atoms with E-state index < -0.39 is 18.1 Å². The molecule has 1 saturated heterocycles. The van der Waals surface area contributed by atoms with Crippen molar-refractivity contribution in [3.05, 3.63) is 95.6 Å².